The minimum atomic E-state index is -0.0189. The number of rotatable bonds is 12. The molecule has 0 saturated heterocycles. The first-order valence-corrected chi connectivity index (χ1v) is 10.8. The van der Waals surface area contributed by atoms with Crippen LogP contribution < -0.4 is 5.32 Å². The number of carbonyl (C=O) groups excluding carboxylic acids is 1. The molecule has 1 aromatic rings. The Balaban J connectivity index is 2.24. The summed E-state index contributed by atoms with van der Waals surface area (Å²) in [6, 6.07) is 9.34. The molecule has 0 atom stereocenters. The van der Waals surface area contributed by atoms with Crippen LogP contribution in [0.5, 0.6) is 0 Å². The maximum absolute atomic E-state index is 12.0. The molecule has 0 fully saturated rings. The van der Waals surface area contributed by atoms with Crippen LogP contribution in [0.25, 0.3) is 0 Å². The smallest absolute Gasteiger partial charge is 0.251 e. The molecule has 1 rings (SSSR count). The van der Waals surface area contributed by atoms with Gasteiger partial charge in [-0.15, -0.1) is 0 Å². The molecule has 1 amide bonds. The van der Waals surface area contributed by atoms with E-state index < -0.39 is 0 Å². The lowest BCUT2D eigenvalue weighted by Gasteiger charge is -2.04. The van der Waals surface area contributed by atoms with Crippen molar-refractivity contribution in [1.29, 1.82) is 0 Å². The van der Waals surface area contributed by atoms with Crippen LogP contribution in [-0.4, -0.2) is 12.5 Å². The first-order chi connectivity index (χ1) is 13.9. The van der Waals surface area contributed by atoms with Crippen LogP contribution in [-0.2, 0) is 0 Å². The van der Waals surface area contributed by atoms with Gasteiger partial charge in [0.1, 0.15) is 0 Å². The summed E-state index contributed by atoms with van der Waals surface area (Å²) in [5, 5.41) is 2.95. The molecule has 0 spiro atoms. The Morgan fingerprint density at radius 2 is 1.21 bits per heavy atom. The highest BCUT2D eigenvalue weighted by atomic mass is 16.1. The van der Waals surface area contributed by atoms with Crippen LogP contribution in [0, 0.1) is 0 Å². The van der Waals surface area contributed by atoms with Gasteiger partial charge in [0, 0.05) is 12.1 Å². The Hall–Kier alpha value is -2.35. The van der Waals surface area contributed by atoms with Crippen LogP contribution in [0.2, 0.25) is 0 Å². The number of benzene rings is 1. The summed E-state index contributed by atoms with van der Waals surface area (Å²) < 4.78 is 0. The minimum absolute atomic E-state index is 0.0189. The van der Waals surface area contributed by atoms with Crippen LogP contribution in [0.3, 0.4) is 0 Å². The zero-order valence-electron chi connectivity index (χ0n) is 19.1. The summed E-state index contributed by atoms with van der Waals surface area (Å²) in [4.78, 5) is 12.0. The topological polar surface area (TPSA) is 29.1 Å². The number of carbonyl (C=O) groups is 1. The summed E-state index contributed by atoms with van der Waals surface area (Å²) in [6.07, 6.45) is 15.8. The Kier molecular flexibility index (Phi) is 12.4. The van der Waals surface area contributed by atoms with Gasteiger partial charge in [-0.2, -0.15) is 0 Å². The van der Waals surface area contributed by atoms with E-state index in [1.165, 1.54) is 28.7 Å². The molecule has 1 aromatic carbocycles. The van der Waals surface area contributed by atoms with Gasteiger partial charge >= 0.3 is 0 Å². The number of hydrogen-bond acceptors (Lipinski definition) is 1. The molecule has 0 aliphatic heterocycles. The van der Waals surface area contributed by atoms with E-state index >= 15 is 0 Å². The van der Waals surface area contributed by atoms with E-state index in [-0.39, 0.29) is 5.91 Å². The monoisotopic (exact) mass is 393 g/mol. The minimum Gasteiger partial charge on any atom is -0.349 e. The van der Waals surface area contributed by atoms with Crippen molar-refractivity contribution in [3.05, 3.63) is 82.5 Å². The van der Waals surface area contributed by atoms with Crippen LogP contribution in [0.15, 0.2) is 76.9 Å². The molecule has 0 bridgehead atoms. The van der Waals surface area contributed by atoms with Gasteiger partial charge in [-0.3, -0.25) is 4.79 Å². The zero-order valence-corrected chi connectivity index (χ0v) is 19.1. The summed E-state index contributed by atoms with van der Waals surface area (Å²) >= 11 is 0. The van der Waals surface area contributed by atoms with Crippen molar-refractivity contribution in [3.8, 4) is 0 Å². The third kappa shape index (κ3) is 12.7. The molecule has 0 radical (unpaired) electrons. The summed E-state index contributed by atoms with van der Waals surface area (Å²) in [6.45, 7) is 11.5. The van der Waals surface area contributed by atoms with Gasteiger partial charge in [0.2, 0.25) is 0 Å². The molecule has 0 saturated carbocycles. The zero-order chi connectivity index (χ0) is 21.5. The van der Waals surface area contributed by atoms with Gasteiger partial charge in [-0.1, -0.05) is 64.8 Å². The standard InChI is InChI=1S/C27H39NO/c1-22(2)12-9-13-23(3)14-10-15-24(4)16-11-17-25(5)20-21-28-27(29)26-18-7-6-8-19-26/h6-8,12,14,16,18-20H,9-11,13,15,17,21H2,1-5H3,(H,28,29). The third-order valence-corrected chi connectivity index (χ3v) is 4.90. The first-order valence-electron chi connectivity index (χ1n) is 10.8. The lowest BCUT2D eigenvalue weighted by molar-refractivity contribution is 0.0958. The quantitative estimate of drug-likeness (QED) is 0.365. The van der Waals surface area contributed by atoms with Crippen molar-refractivity contribution < 1.29 is 4.79 Å². The van der Waals surface area contributed by atoms with Crippen LogP contribution in [0.4, 0.5) is 0 Å². The van der Waals surface area contributed by atoms with Gasteiger partial charge in [-0.25, -0.2) is 0 Å². The van der Waals surface area contributed by atoms with Crippen LogP contribution in [0.1, 0.15) is 83.5 Å². The second-order valence-electron chi connectivity index (χ2n) is 8.12. The Morgan fingerprint density at radius 3 is 1.72 bits per heavy atom. The fraction of sp³-hybridized carbons (Fsp3) is 0.444. The molecule has 0 aliphatic rings. The highest BCUT2D eigenvalue weighted by molar-refractivity contribution is 5.94. The van der Waals surface area contributed by atoms with E-state index in [9.17, 15) is 4.79 Å². The van der Waals surface area contributed by atoms with Gasteiger partial charge in [0.25, 0.3) is 5.91 Å². The molecular formula is C27H39NO. The molecule has 29 heavy (non-hydrogen) atoms. The van der Waals surface area contributed by atoms with Gasteiger partial charge in [0.05, 0.1) is 0 Å². The van der Waals surface area contributed by atoms with Gasteiger partial charge in [-0.05, 0) is 85.3 Å². The Bertz CT molecular complexity index is 731. The summed E-state index contributed by atoms with van der Waals surface area (Å²) in [5.74, 6) is -0.0189. The van der Waals surface area contributed by atoms with E-state index in [1.807, 2.05) is 30.3 Å². The van der Waals surface area contributed by atoms with E-state index in [2.05, 4.69) is 64.2 Å². The molecular weight excluding hydrogens is 354 g/mol. The van der Waals surface area contributed by atoms with E-state index in [0.717, 1.165) is 32.1 Å². The molecule has 0 aliphatic carbocycles. The van der Waals surface area contributed by atoms with Crippen molar-refractivity contribution in [2.75, 3.05) is 6.54 Å². The normalized spacial score (nSPS) is 12.7. The SMILES string of the molecule is CC(C)=CCCC(C)=CCCC(C)=CCCC(C)=CCNC(=O)c1ccccc1. The number of hydrogen-bond donors (Lipinski definition) is 1. The van der Waals surface area contributed by atoms with Crippen molar-refractivity contribution >= 4 is 5.91 Å². The van der Waals surface area contributed by atoms with E-state index in [4.69, 9.17) is 0 Å². The summed E-state index contributed by atoms with van der Waals surface area (Å²) in [5.41, 5.74) is 6.38. The average Bonchev–Trinajstić information content (AvgIpc) is 2.68. The van der Waals surface area contributed by atoms with E-state index in [0.29, 0.717) is 12.1 Å². The van der Waals surface area contributed by atoms with Crippen molar-refractivity contribution in [2.24, 2.45) is 0 Å². The van der Waals surface area contributed by atoms with Crippen molar-refractivity contribution in [1.82, 2.24) is 5.32 Å². The maximum atomic E-state index is 12.0. The number of amides is 1. The second-order valence-corrected chi connectivity index (χ2v) is 8.12. The predicted octanol–water partition coefficient (Wildman–Crippen LogP) is 7.56. The summed E-state index contributed by atoms with van der Waals surface area (Å²) in [7, 11) is 0. The fourth-order valence-corrected chi connectivity index (χ4v) is 3.00. The Morgan fingerprint density at radius 1 is 0.724 bits per heavy atom. The van der Waals surface area contributed by atoms with Crippen molar-refractivity contribution in [3.63, 3.8) is 0 Å². The van der Waals surface area contributed by atoms with Crippen molar-refractivity contribution in [2.45, 2.75) is 73.1 Å². The third-order valence-electron chi connectivity index (χ3n) is 4.90. The maximum Gasteiger partial charge on any atom is 0.251 e. The highest BCUT2D eigenvalue weighted by Crippen LogP contribution is 2.13. The van der Waals surface area contributed by atoms with Crippen LogP contribution >= 0.6 is 0 Å². The fourth-order valence-electron chi connectivity index (χ4n) is 3.00. The first kappa shape index (κ1) is 24.7. The molecule has 158 valence electrons. The predicted molar refractivity (Wildman–Crippen MR) is 127 cm³/mol. The Labute approximate surface area is 178 Å². The second kappa shape index (κ2) is 14.6. The number of allylic oxidation sites excluding steroid dienone is 7. The molecule has 0 unspecified atom stereocenters. The highest BCUT2D eigenvalue weighted by Gasteiger charge is 2.01. The molecule has 1 N–H and O–H groups in total. The lowest BCUT2D eigenvalue weighted by Crippen LogP contribution is -2.23. The lowest BCUT2D eigenvalue weighted by atomic mass is 10.0. The molecule has 0 heterocycles. The average molecular weight is 394 g/mol. The molecule has 0 aromatic heterocycles. The largest absolute Gasteiger partial charge is 0.349 e. The molecule has 2 heteroatoms. The van der Waals surface area contributed by atoms with Gasteiger partial charge < -0.3 is 5.32 Å². The van der Waals surface area contributed by atoms with Gasteiger partial charge in [0.15, 0.2) is 0 Å². The van der Waals surface area contributed by atoms with E-state index in [1.54, 1.807) is 0 Å². The number of nitrogens with one attached hydrogen (secondary N) is 1. The molecule has 2 nitrogen and oxygen atoms in total.